The van der Waals surface area contributed by atoms with Gasteiger partial charge in [0.15, 0.2) is 0 Å². The van der Waals surface area contributed by atoms with Crippen molar-refractivity contribution >= 4 is 17.5 Å². The van der Waals surface area contributed by atoms with Gasteiger partial charge in [-0.25, -0.2) is 0 Å². The van der Waals surface area contributed by atoms with Crippen LogP contribution in [0.4, 0.5) is 18.9 Å². The van der Waals surface area contributed by atoms with Gasteiger partial charge in [-0.15, -0.1) is 0 Å². The van der Waals surface area contributed by atoms with Gasteiger partial charge in [-0.2, -0.15) is 13.2 Å². The van der Waals surface area contributed by atoms with Gasteiger partial charge in [-0.05, 0) is 50.6 Å². The number of nitrogens with one attached hydrogen (secondary N) is 1. The molecule has 3 N–H and O–H groups in total. The van der Waals surface area contributed by atoms with E-state index in [1.807, 2.05) is 4.90 Å². The SMILES string of the molecule is C[C@H](C(=O)Nc1ccc(C(F)(F)F)cc1)N1CCC[C@H](C(N)=O)C1. The maximum absolute atomic E-state index is 12.5. The lowest BCUT2D eigenvalue weighted by molar-refractivity contribution is -0.137. The number of alkyl halides is 3. The zero-order chi connectivity index (χ0) is 17.9. The van der Waals surface area contributed by atoms with Crippen LogP contribution in [-0.4, -0.2) is 35.8 Å². The molecule has 1 aromatic rings. The second-order valence-electron chi connectivity index (χ2n) is 5.98. The Morgan fingerprint density at radius 1 is 1.29 bits per heavy atom. The fourth-order valence-corrected chi connectivity index (χ4v) is 2.75. The maximum atomic E-state index is 12.5. The molecule has 1 aliphatic rings. The number of rotatable bonds is 4. The second-order valence-corrected chi connectivity index (χ2v) is 5.98. The average molecular weight is 343 g/mol. The van der Waals surface area contributed by atoms with Crippen LogP contribution in [0.5, 0.6) is 0 Å². The van der Waals surface area contributed by atoms with Crippen molar-refractivity contribution in [2.75, 3.05) is 18.4 Å². The smallest absolute Gasteiger partial charge is 0.369 e. The summed E-state index contributed by atoms with van der Waals surface area (Å²) in [6.07, 6.45) is -2.93. The molecule has 0 saturated carbocycles. The number of nitrogens with zero attached hydrogens (tertiary/aromatic N) is 1. The van der Waals surface area contributed by atoms with Crippen LogP contribution >= 0.6 is 0 Å². The van der Waals surface area contributed by atoms with Crippen molar-refractivity contribution in [3.05, 3.63) is 29.8 Å². The van der Waals surface area contributed by atoms with Crippen molar-refractivity contribution in [2.45, 2.75) is 32.0 Å². The number of nitrogens with two attached hydrogens (primary N) is 1. The number of halogens is 3. The average Bonchev–Trinajstić information content (AvgIpc) is 2.53. The summed E-state index contributed by atoms with van der Waals surface area (Å²) in [6, 6.07) is 3.77. The highest BCUT2D eigenvalue weighted by Crippen LogP contribution is 2.29. The second kappa shape index (κ2) is 7.21. The number of anilines is 1. The molecule has 0 bridgehead atoms. The molecule has 0 spiro atoms. The summed E-state index contributed by atoms with van der Waals surface area (Å²) in [7, 11) is 0. The number of carbonyl (C=O) groups is 2. The first kappa shape index (κ1) is 18.3. The number of piperidine rings is 1. The highest BCUT2D eigenvalue weighted by atomic mass is 19.4. The van der Waals surface area contributed by atoms with E-state index in [2.05, 4.69) is 5.32 Å². The molecule has 0 unspecified atom stereocenters. The van der Waals surface area contributed by atoms with Crippen LogP contribution in [-0.2, 0) is 15.8 Å². The number of primary amides is 1. The van der Waals surface area contributed by atoms with Crippen LogP contribution in [0.3, 0.4) is 0 Å². The number of hydrogen-bond donors (Lipinski definition) is 2. The van der Waals surface area contributed by atoms with Crippen molar-refractivity contribution < 1.29 is 22.8 Å². The predicted octanol–water partition coefficient (Wildman–Crippen LogP) is 2.23. The first-order chi connectivity index (χ1) is 11.2. The van der Waals surface area contributed by atoms with Gasteiger partial charge in [0.05, 0.1) is 17.5 Å². The van der Waals surface area contributed by atoms with Crippen molar-refractivity contribution in [1.29, 1.82) is 0 Å². The van der Waals surface area contributed by atoms with E-state index in [9.17, 15) is 22.8 Å². The Morgan fingerprint density at radius 3 is 2.46 bits per heavy atom. The maximum Gasteiger partial charge on any atom is 0.416 e. The fourth-order valence-electron chi connectivity index (χ4n) is 2.75. The molecule has 5 nitrogen and oxygen atoms in total. The molecule has 1 aromatic carbocycles. The van der Waals surface area contributed by atoms with E-state index in [0.29, 0.717) is 25.2 Å². The molecule has 132 valence electrons. The molecule has 2 rings (SSSR count). The lowest BCUT2D eigenvalue weighted by atomic mass is 9.96. The summed E-state index contributed by atoms with van der Waals surface area (Å²) in [5.74, 6) is -0.991. The standard InChI is InChI=1S/C16H20F3N3O2/c1-10(22-8-2-3-11(9-22)14(20)23)15(24)21-13-6-4-12(5-7-13)16(17,18)19/h4-7,10-11H,2-3,8-9H2,1H3,(H2,20,23)(H,21,24)/t10-,11+/m1/s1. The molecule has 0 radical (unpaired) electrons. The van der Waals surface area contributed by atoms with Gasteiger partial charge < -0.3 is 11.1 Å². The zero-order valence-corrected chi connectivity index (χ0v) is 13.3. The van der Waals surface area contributed by atoms with E-state index in [4.69, 9.17) is 5.73 Å². The van der Waals surface area contributed by atoms with E-state index >= 15 is 0 Å². The molecular weight excluding hydrogens is 323 g/mol. The van der Waals surface area contributed by atoms with E-state index in [-0.39, 0.29) is 17.7 Å². The van der Waals surface area contributed by atoms with Crippen LogP contribution in [0.2, 0.25) is 0 Å². The predicted molar refractivity (Wildman–Crippen MR) is 83.0 cm³/mol. The normalized spacial score (nSPS) is 20.4. The lowest BCUT2D eigenvalue weighted by Crippen LogP contribution is -2.49. The molecule has 0 aliphatic carbocycles. The van der Waals surface area contributed by atoms with Gasteiger partial charge in [0, 0.05) is 12.2 Å². The molecule has 8 heteroatoms. The van der Waals surface area contributed by atoms with Crippen LogP contribution in [0.1, 0.15) is 25.3 Å². The number of amides is 2. The molecular formula is C16H20F3N3O2. The largest absolute Gasteiger partial charge is 0.416 e. The Kier molecular flexibility index (Phi) is 5.48. The van der Waals surface area contributed by atoms with Gasteiger partial charge in [0.2, 0.25) is 11.8 Å². The van der Waals surface area contributed by atoms with Gasteiger partial charge >= 0.3 is 6.18 Å². The Hall–Kier alpha value is -2.09. The van der Waals surface area contributed by atoms with Crippen molar-refractivity contribution in [3.63, 3.8) is 0 Å². The van der Waals surface area contributed by atoms with Crippen LogP contribution in [0.25, 0.3) is 0 Å². The Labute approximate surface area is 138 Å². The number of benzene rings is 1. The van der Waals surface area contributed by atoms with Crippen LogP contribution < -0.4 is 11.1 Å². The zero-order valence-electron chi connectivity index (χ0n) is 13.3. The molecule has 1 heterocycles. The summed E-state index contributed by atoms with van der Waals surface area (Å²) < 4.78 is 37.6. The summed E-state index contributed by atoms with van der Waals surface area (Å²) in [5, 5.41) is 2.60. The minimum absolute atomic E-state index is 0.278. The van der Waals surface area contributed by atoms with Gasteiger partial charge in [0.25, 0.3) is 0 Å². The molecule has 0 aromatic heterocycles. The van der Waals surface area contributed by atoms with Crippen LogP contribution in [0.15, 0.2) is 24.3 Å². The van der Waals surface area contributed by atoms with Crippen molar-refractivity contribution in [1.82, 2.24) is 4.90 Å². The van der Waals surface area contributed by atoms with E-state index < -0.39 is 17.8 Å². The summed E-state index contributed by atoms with van der Waals surface area (Å²) >= 11 is 0. The third-order valence-electron chi connectivity index (χ3n) is 4.26. The number of likely N-dealkylation sites (tertiary alicyclic amines) is 1. The van der Waals surface area contributed by atoms with Gasteiger partial charge in [-0.3, -0.25) is 14.5 Å². The molecule has 1 saturated heterocycles. The molecule has 1 fully saturated rings. The van der Waals surface area contributed by atoms with Crippen LogP contribution in [0, 0.1) is 5.92 Å². The minimum Gasteiger partial charge on any atom is -0.369 e. The van der Waals surface area contributed by atoms with Gasteiger partial charge in [-0.1, -0.05) is 0 Å². The number of carbonyl (C=O) groups excluding carboxylic acids is 2. The Balaban J connectivity index is 1.97. The van der Waals surface area contributed by atoms with Crippen molar-refractivity contribution in [3.8, 4) is 0 Å². The highest BCUT2D eigenvalue weighted by Gasteiger charge is 2.31. The molecule has 24 heavy (non-hydrogen) atoms. The van der Waals surface area contributed by atoms with E-state index in [1.54, 1.807) is 6.92 Å². The first-order valence-corrected chi connectivity index (χ1v) is 7.70. The summed E-state index contributed by atoms with van der Waals surface area (Å²) in [4.78, 5) is 25.4. The summed E-state index contributed by atoms with van der Waals surface area (Å²) in [6.45, 7) is 2.78. The van der Waals surface area contributed by atoms with E-state index in [1.165, 1.54) is 12.1 Å². The van der Waals surface area contributed by atoms with Crippen molar-refractivity contribution in [2.24, 2.45) is 11.7 Å². The Bertz CT molecular complexity index is 602. The number of hydrogen-bond acceptors (Lipinski definition) is 3. The molecule has 1 aliphatic heterocycles. The topological polar surface area (TPSA) is 75.4 Å². The quantitative estimate of drug-likeness (QED) is 0.880. The highest BCUT2D eigenvalue weighted by molar-refractivity contribution is 5.94. The monoisotopic (exact) mass is 343 g/mol. The first-order valence-electron chi connectivity index (χ1n) is 7.70. The molecule has 2 atom stereocenters. The third-order valence-corrected chi connectivity index (χ3v) is 4.26. The molecule has 2 amide bonds. The minimum atomic E-state index is -4.41. The fraction of sp³-hybridized carbons (Fsp3) is 0.500. The van der Waals surface area contributed by atoms with Gasteiger partial charge in [0.1, 0.15) is 0 Å². The summed E-state index contributed by atoms with van der Waals surface area (Å²) in [5.41, 5.74) is 4.85. The third kappa shape index (κ3) is 4.47. The van der Waals surface area contributed by atoms with E-state index in [0.717, 1.165) is 18.6 Å². The Morgan fingerprint density at radius 2 is 1.92 bits per heavy atom. The lowest BCUT2D eigenvalue weighted by Gasteiger charge is -2.34.